The zero-order valence-electron chi connectivity index (χ0n) is 13.6. The number of hydrogen-bond donors (Lipinski definition) is 0. The van der Waals surface area contributed by atoms with Crippen molar-refractivity contribution in [3.8, 4) is 11.5 Å². The minimum atomic E-state index is -1.26. The summed E-state index contributed by atoms with van der Waals surface area (Å²) in [6.07, 6.45) is 6.89. The molecule has 0 aromatic heterocycles. The van der Waals surface area contributed by atoms with Gasteiger partial charge in [-0.05, 0) is 38.5 Å². The Morgan fingerprint density at radius 1 is 1.10 bits per heavy atom. The summed E-state index contributed by atoms with van der Waals surface area (Å²) in [5, 5.41) is 0. The molecular weight excluding hydrogens is 264 g/mol. The topological polar surface area (TPSA) is 18.5 Å². The third-order valence-corrected chi connectivity index (χ3v) is 5.45. The van der Waals surface area contributed by atoms with Crippen LogP contribution in [0.2, 0.25) is 19.6 Å². The van der Waals surface area contributed by atoms with Crippen molar-refractivity contribution in [3.63, 3.8) is 0 Å². The Bertz CT molecular complexity index is 363. The molecule has 2 aliphatic carbocycles. The van der Waals surface area contributed by atoms with Gasteiger partial charge in [0.25, 0.3) is 0 Å². The second kappa shape index (κ2) is 7.11. The maximum atomic E-state index is 6.02. The SMILES string of the molecule is CCOCO[C@@H]1CCC[C@@H]2CC[C@H](C#C[Si](C)(C)C)[C@H]21. The average molecular weight is 295 g/mol. The fourth-order valence-electron chi connectivity index (χ4n) is 3.67. The van der Waals surface area contributed by atoms with Crippen LogP contribution in [0.4, 0.5) is 0 Å². The summed E-state index contributed by atoms with van der Waals surface area (Å²) in [6.45, 7) is 10.2. The van der Waals surface area contributed by atoms with E-state index < -0.39 is 8.07 Å². The lowest BCUT2D eigenvalue weighted by molar-refractivity contribution is -0.122. The molecule has 0 spiro atoms. The Hall–Kier alpha value is -0.303. The fourth-order valence-corrected chi connectivity index (χ4v) is 4.29. The molecule has 0 aromatic rings. The van der Waals surface area contributed by atoms with Crippen molar-refractivity contribution in [2.75, 3.05) is 13.4 Å². The molecule has 2 rings (SSSR count). The number of fused-ring (bicyclic) bond motifs is 1. The van der Waals surface area contributed by atoms with Gasteiger partial charge in [-0.25, -0.2) is 0 Å². The predicted molar refractivity (Wildman–Crippen MR) is 86.0 cm³/mol. The molecule has 0 aliphatic heterocycles. The summed E-state index contributed by atoms with van der Waals surface area (Å²) in [6, 6.07) is 0. The first kappa shape index (κ1) is 16.1. The first-order valence-corrected chi connectivity index (χ1v) is 11.7. The third-order valence-electron chi connectivity index (χ3n) is 4.55. The van der Waals surface area contributed by atoms with Crippen LogP contribution < -0.4 is 0 Å². The minimum Gasteiger partial charge on any atom is -0.356 e. The molecule has 0 aromatic carbocycles. The van der Waals surface area contributed by atoms with Crippen LogP contribution in [0.25, 0.3) is 0 Å². The predicted octanol–water partition coefficient (Wildman–Crippen LogP) is 4.07. The van der Waals surface area contributed by atoms with E-state index >= 15 is 0 Å². The lowest BCUT2D eigenvalue weighted by Gasteiger charge is -2.35. The lowest BCUT2D eigenvalue weighted by atomic mass is 9.76. The van der Waals surface area contributed by atoms with E-state index in [1.165, 1.54) is 32.1 Å². The quantitative estimate of drug-likeness (QED) is 0.337. The Morgan fingerprint density at radius 2 is 1.90 bits per heavy atom. The molecule has 2 fully saturated rings. The number of hydrogen-bond acceptors (Lipinski definition) is 2. The van der Waals surface area contributed by atoms with Gasteiger partial charge in [0.2, 0.25) is 0 Å². The van der Waals surface area contributed by atoms with Gasteiger partial charge in [-0.1, -0.05) is 26.1 Å². The summed E-state index contributed by atoms with van der Waals surface area (Å²) >= 11 is 0. The molecule has 0 saturated heterocycles. The summed E-state index contributed by atoms with van der Waals surface area (Å²) in [4.78, 5) is 0. The van der Waals surface area contributed by atoms with Crippen LogP contribution in [0, 0.1) is 29.2 Å². The van der Waals surface area contributed by atoms with Crippen molar-refractivity contribution in [2.45, 2.75) is 64.8 Å². The first-order valence-electron chi connectivity index (χ1n) is 8.23. The van der Waals surface area contributed by atoms with E-state index in [9.17, 15) is 0 Å². The van der Waals surface area contributed by atoms with Gasteiger partial charge in [0, 0.05) is 18.4 Å². The Morgan fingerprint density at radius 3 is 2.60 bits per heavy atom. The molecule has 3 heteroatoms. The van der Waals surface area contributed by atoms with Gasteiger partial charge < -0.3 is 9.47 Å². The second-order valence-corrected chi connectivity index (χ2v) is 12.0. The molecule has 20 heavy (non-hydrogen) atoms. The van der Waals surface area contributed by atoms with E-state index in [1.807, 2.05) is 6.92 Å². The highest BCUT2D eigenvalue weighted by Crippen LogP contribution is 2.46. The molecule has 114 valence electrons. The molecule has 0 N–H and O–H groups in total. The molecule has 2 nitrogen and oxygen atoms in total. The highest BCUT2D eigenvalue weighted by molar-refractivity contribution is 6.83. The molecule has 4 atom stereocenters. The Balaban J connectivity index is 2.01. The molecule has 0 amide bonds. The van der Waals surface area contributed by atoms with Gasteiger partial charge in [-0.15, -0.1) is 11.5 Å². The fraction of sp³-hybridized carbons (Fsp3) is 0.882. The van der Waals surface area contributed by atoms with Crippen molar-refractivity contribution < 1.29 is 9.47 Å². The molecule has 0 bridgehead atoms. The van der Waals surface area contributed by atoms with Gasteiger partial charge in [0.05, 0.1) is 6.10 Å². The molecule has 2 aliphatic rings. The largest absolute Gasteiger partial charge is 0.356 e. The summed E-state index contributed by atoms with van der Waals surface area (Å²) in [5.41, 5.74) is 3.59. The lowest BCUT2D eigenvalue weighted by Crippen LogP contribution is -2.35. The van der Waals surface area contributed by atoms with Gasteiger partial charge in [0.1, 0.15) is 14.9 Å². The van der Waals surface area contributed by atoms with Gasteiger partial charge in [-0.3, -0.25) is 0 Å². The summed E-state index contributed by atoms with van der Waals surface area (Å²) < 4.78 is 11.4. The monoisotopic (exact) mass is 294 g/mol. The summed E-state index contributed by atoms with van der Waals surface area (Å²) in [5.74, 6) is 5.70. The standard InChI is InChI=1S/C17H30O2Si/c1-5-18-13-19-16-8-6-7-14-9-10-15(17(14)16)11-12-20(2,3)4/h14-17H,5-10,13H2,1-4H3/t14-,15-,16-,17+/m1/s1. The van der Waals surface area contributed by atoms with Crippen LogP contribution in [0.15, 0.2) is 0 Å². The van der Waals surface area contributed by atoms with Gasteiger partial charge >= 0.3 is 0 Å². The zero-order chi connectivity index (χ0) is 14.6. The zero-order valence-corrected chi connectivity index (χ0v) is 14.6. The summed E-state index contributed by atoms with van der Waals surface area (Å²) in [7, 11) is -1.26. The number of rotatable bonds is 4. The Labute approximate surface area is 125 Å². The van der Waals surface area contributed by atoms with Crippen LogP contribution in [-0.2, 0) is 9.47 Å². The third kappa shape index (κ3) is 4.34. The maximum Gasteiger partial charge on any atom is 0.147 e. The van der Waals surface area contributed by atoms with Crippen molar-refractivity contribution >= 4 is 8.07 Å². The van der Waals surface area contributed by atoms with E-state index in [0.717, 1.165) is 12.5 Å². The smallest absolute Gasteiger partial charge is 0.147 e. The molecule has 0 radical (unpaired) electrons. The van der Waals surface area contributed by atoms with Crippen LogP contribution in [0.5, 0.6) is 0 Å². The average Bonchev–Trinajstić information content (AvgIpc) is 2.80. The highest BCUT2D eigenvalue weighted by Gasteiger charge is 2.43. The Kier molecular flexibility index (Phi) is 5.71. The number of ether oxygens (including phenoxy) is 2. The van der Waals surface area contributed by atoms with Crippen molar-refractivity contribution in [2.24, 2.45) is 17.8 Å². The van der Waals surface area contributed by atoms with Crippen LogP contribution in [0.1, 0.15) is 39.0 Å². The van der Waals surface area contributed by atoms with Crippen molar-refractivity contribution in [1.82, 2.24) is 0 Å². The maximum absolute atomic E-state index is 6.02. The van der Waals surface area contributed by atoms with E-state index in [2.05, 4.69) is 31.1 Å². The van der Waals surface area contributed by atoms with Gasteiger partial charge in [0.15, 0.2) is 0 Å². The minimum absolute atomic E-state index is 0.378. The van der Waals surface area contributed by atoms with Crippen molar-refractivity contribution in [1.29, 1.82) is 0 Å². The van der Waals surface area contributed by atoms with Crippen molar-refractivity contribution in [3.05, 3.63) is 0 Å². The van der Waals surface area contributed by atoms with Crippen LogP contribution in [-0.4, -0.2) is 27.6 Å². The normalized spacial score (nSPS) is 33.4. The molecular formula is C17H30O2Si. The first-order chi connectivity index (χ1) is 9.51. The van der Waals surface area contributed by atoms with E-state index in [-0.39, 0.29) is 0 Å². The molecule has 0 heterocycles. The van der Waals surface area contributed by atoms with E-state index in [1.54, 1.807) is 0 Å². The second-order valence-electron chi connectivity index (χ2n) is 7.29. The van der Waals surface area contributed by atoms with E-state index in [0.29, 0.717) is 24.7 Å². The van der Waals surface area contributed by atoms with Gasteiger partial charge in [-0.2, -0.15) is 0 Å². The molecule has 0 unspecified atom stereocenters. The van der Waals surface area contributed by atoms with Crippen LogP contribution >= 0.6 is 0 Å². The highest BCUT2D eigenvalue weighted by atomic mass is 28.3. The van der Waals surface area contributed by atoms with E-state index in [4.69, 9.17) is 9.47 Å². The van der Waals surface area contributed by atoms with Crippen LogP contribution in [0.3, 0.4) is 0 Å². The molecule has 2 saturated carbocycles.